The number of hydrogen-bond acceptors (Lipinski definition) is 5. The minimum Gasteiger partial charge on any atom is -0.456 e. The third-order valence-corrected chi connectivity index (χ3v) is 8.78. The number of rotatable bonds is 4. The number of aryl methyl sites for hydroxylation is 1. The van der Waals surface area contributed by atoms with Crippen molar-refractivity contribution in [2.75, 3.05) is 0 Å². The van der Waals surface area contributed by atoms with Gasteiger partial charge in [0.25, 0.3) is 0 Å². The minimum atomic E-state index is -4.69. The Labute approximate surface area is 270 Å². The largest absolute Gasteiger partial charge is 0.456 e. The summed E-state index contributed by atoms with van der Waals surface area (Å²) in [5.41, 5.74) is 3.26. The van der Waals surface area contributed by atoms with E-state index in [9.17, 15) is 18.4 Å². The van der Waals surface area contributed by atoms with Gasteiger partial charge in [0.2, 0.25) is 0 Å². The standard InChI is InChI=1S/C37H23F3N6O2/c1-20-18-45(23-7-11-33-28(15-23)26-14-22(42-4)6-10-31(26)48-33)43-34(20)36(2,3)35-29(37(38,39)40)19-46(44-35)24-8-12-32-27(16-24)25-13-21(17-41)5-9-30(25)47-32/h5-16,18-19H,1-3H3. The lowest BCUT2D eigenvalue weighted by atomic mass is 9.82. The maximum atomic E-state index is 14.6. The van der Waals surface area contributed by atoms with Crippen LogP contribution in [0.25, 0.3) is 60.1 Å². The molecule has 0 bridgehead atoms. The van der Waals surface area contributed by atoms with E-state index in [4.69, 9.17) is 20.5 Å². The second-order valence-electron chi connectivity index (χ2n) is 12.2. The molecule has 4 aromatic carbocycles. The van der Waals surface area contributed by atoms with Crippen LogP contribution in [0.2, 0.25) is 0 Å². The minimum absolute atomic E-state index is 0.171. The zero-order valence-electron chi connectivity index (χ0n) is 25.7. The molecule has 0 aliphatic heterocycles. The zero-order chi connectivity index (χ0) is 33.5. The first-order valence-electron chi connectivity index (χ1n) is 14.9. The molecule has 0 atom stereocenters. The van der Waals surface area contributed by atoms with E-state index >= 15 is 0 Å². The Morgan fingerprint density at radius 2 is 1.25 bits per heavy atom. The summed E-state index contributed by atoms with van der Waals surface area (Å²) in [7, 11) is 0. The van der Waals surface area contributed by atoms with Crippen molar-refractivity contribution >= 4 is 49.6 Å². The summed E-state index contributed by atoms with van der Waals surface area (Å²) in [6.07, 6.45) is -1.90. The van der Waals surface area contributed by atoms with Crippen molar-refractivity contribution in [2.45, 2.75) is 32.4 Å². The van der Waals surface area contributed by atoms with Gasteiger partial charge in [-0.3, -0.25) is 0 Å². The topological polar surface area (TPSA) is 90.1 Å². The van der Waals surface area contributed by atoms with E-state index in [0.29, 0.717) is 67.0 Å². The van der Waals surface area contributed by atoms with Crippen LogP contribution >= 0.6 is 0 Å². The summed E-state index contributed by atoms with van der Waals surface area (Å²) in [6.45, 7) is 12.6. The van der Waals surface area contributed by atoms with Crippen molar-refractivity contribution in [1.82, 2.24) is 19.6 Å². The molecule has 0 aliphatic carbocycles. The van der Waals surface area contributed by atoms with Crippen molar-refractivity contribution in [3.8, 4) is 17.4 Å². The molecule has 234 valence electrons. The molecule has 0 unspecified atom stereocenters. The highest BCUT2D eigenvalue weighted by Gasteiger charge is 2.43. The molecule has 4 heterocycles. The van der Waals surface area contributed by atoms with Crippen LogP contribution in [0.5, 0.6) is 0 Å². The van der Waals surface area contributed by atoms with Crippen LogP contribution in [0.4, 0.5) is 18.9 Å². The Hall–Kier alpha value is -6.33. The van der Waals surface area contributed by atoms with E-state index in [1.165, 1.54) is 4.68 Å². The third-order valence-electron chi connectivity index (χ3n) is 8.78. The molecule has 0 amide bonds. The molecule has 0 N–H and O–H groups in total. The average molecular weight is 641 g/mol. The number of aromatic nitrogens is 4. The number of halogens is 3. The van der Waals surface area contributed by atoms with E-state index in [1.54, 1.807) is 79.3 Å². The summed E-state index contributed by atoms with van der Waals surface area (Å²) < 4.78 is 58.6. The Kier molecular flexibility index (Phi) is 6.11. The molecule has 48 heavy (non-hydrogen) atoms. The van der Waals surface area contributed by atoms with Gasteiger partial charge in [-0.25, -0.2) is 14.2 Å². The van der Waals surface area contributed by atoms with Crippen LogP contribution in [-0.4, -0.2) is 19.6 Å². The normalized spacial score (nSPS) is 12.3. The molecule has 8 nitrogen and oxygen atoms in total. The van der Waals surface area contributed by atoms with Gasteiger partial charge in [-0.2, -0.15) is 28.6 Å². The van der Waals surface area contributed by atoms with Gasteiger partial charge < -0.3 is 8.83 Å². The number of nitriles is 1. The third kappa shape index (κ3) is 4.43. The van der Waals surface area contributed by atoms with Gasteiger partial charge in [0.15, 0.2) is 5.69 Å². The molecule has 11 heteroatoms. The van der Waals surface area contributed by atoms with E-state index < -0.39 is 17.2 Å². The highest BCUT2D eigenvalue weighted by molar-refractivity contribution is 6.07. The SMILES string of the molecule is [C-]#[N+]c1ccc2oc3ccc(-n4cc(C)c(C(C)(C)c5nn(-c6ccc7oc8ccc(C#N)cc8c7c6)cc5C(F)(F)F)n4)cc3c2c1. The summed E-state index contributed by atoms with van der Waals surface area (Å²) in [5, 5.41) is 21.6. The van der Waals surface area contributed by atoms with Gasteiger partial charge >= 0.3 is 6.18 Å². The van der Waals surface area contributed by atoms with Crippen LogP contribution in [0.3, 0.4) is 0 Å². The number of alkyl halides is 3. The van der Waals surface area contributed by atoms with E-state index in [1.807, 2.05) is 25.1 Å². The van der Waals surface area contributed by atoms with Crippen LogP contribution in [0, 0.1) is 24.8 Å². The van der Waals surface area contributed by atoms with Crippen LogP contribution in [0.1, 0.15) is 41.9 Å². The van der Waals surface area contributed by atoms with Crippen LogP contribution < -0.4 is 0 Å². The maximum Gasteiger partial charge on any atom is 0.419 e. The summed E-state index contributed by atoms with van der Waals surface area (Å²) in [6, 6.07) is 23.0. The Morgan fingerprint density at radius 1 is 0.729 bits per heavy atom. The first kappa shape index (κ1) is 29.1. The molecule has 0 fully saturated rings. The monoisotopic (exact) mass is 640 g/mol. The van der Waals surface area contributed by atoms with Crippen molar-refractivity contribution in [2.24, 2.45) is 0 Å². The highest BCUT2D eigenvalue weighted by atomic mass is 19.4. The quantitative estimate of drug-likeness (QED) is 0.179. The van der Waals surface area contributed by atoms with Gasteiger partial charge in [-0.15, -0.1) is 0 Å². The van der Waals surface area contributed by atoms with Crippen molar-refractivity contribution in [3.05, 3.63) is 125 Å². The average Bonchev–Trinajstić information content (AvgIpc) is 3.86. The van der Waals surface area contributed by atoms with Gasteiger partial charge in [-0.1, -0.05) is 6.07 Å². The number of fused-ring (bicyclic) bond motifs is 6. The zero-order valence-corrected chi connectivity index (χ0v) is 25.7. The molecule has 0 saturated heterocycles. The highest BCUT2D eigenvalue weighted by Crippen LogP contribution is 2.42. The predicted molar refractivity (Wildman–Crippen MR) is 175 cm³/mol. The second kappa shape index (κ2) is 10.1. The van der Waals surface area contributed by atoms with Crippen molar-refractivity contribution in [1.29, 1.82) is 5.26 Å². The molecule has 0 radical (unpaired) electrons. The molecule has 4 aromatic heterocycles. The summed E-state index contributed by atoms with van der Waals surface area (Å²) in [4.78, 5) is 3.52. The fourth-order valence-electron chi connectivity index (χ4n) is 6.44. The lowest BCUT2D eigenvalue weighted by molar-refractivity contribution is -0.138. The van der Waals surface area contributed by atoms with Crippen molar-refractivity contribution < 1.29 is 22.0 Å². The summed E-state index contributed by atoms with van der Waals surface area (Å²) >= 11 is 0. The molecular formula is C37H23F3N6O2. The number of benzene rings is 4. The first-order chi connectivity index (χ1) is 22.9. The van der Waals surface area contributed by atoms with E-state index in [-0.39, 0.29) is 5.69 Å². The first-order valence-corrected chi connectivity index (χ1v) is 14.9. The number of nitrogens with zero attached hydrogens (tertiary/aromatic N) is 6. The second-order valence-corrected chi connectivity index (χ2v) is 12.2. The van der Waals surface area contributed by atoms with Crippen molar-refractivity contribution in [3.63, 3.8) is 0 Å². The maximum absolute atomic E-state index is 14.6. The lowest BCUT2D eigenvalue weighted by Crippen LogP contribution is -2.25. The summed E-state index contributed by atoms with van der Waals surface area (Å²) in [5.74, 6) is 0. The Morgan fingerprint density at radius 3 is 1.83 bits per heavy atom. The smallest absolute Gasteiger partial charge is 0.419 e. The predicted octanol–water partition coefficient (Wildman–Crippen LogP) is 9.93. The molecule has 0 spiro atoms. The van der Waals surface area contributed by atoms with E-state index in [2.05, 4.69) is 16.0 Å². The number of hydrogen-bond donors (Lipinski definition) is 0. The van der Waals surface area contributed by atoms with Crippen LogP contribution in [0.15, 0.2) is 94.0 Å². The van der Waals surface area contributed by atoms with Gasteiger partial charge in [0.1, 0.15) is 22.3 Å². The fraction of sp³-hybridized carbons (Fsp3) is 0.135. The lowest BCUT2D eigenvalue weighted by Gasteiger charge is -2.23. The fourth-order valence-corrected chi connectivity index (χ4v) is 6.44. The Bertz CT molecular complexity index is 2690. The molecule has 0 saturated carbocycles. The van der Waals surface area contributed by atoms with E-state index in [0.717, 1.165) is 17.0 Å². The Balaban J connectivity index is 1.23. The van der Waals surface area contributed by atoms with Gasteiger partial charge in [0, 0.05) is 33.9 Å². The number of furan rings is 2. The van der Waals surface area contributed by atoms with Crippen LogP contribution in [-0.2, 0) is 11.6 Å². The van der Waals surface area contributed by atoms with Gasteiger partial charge in [0.05, 0.1) is 51.9 Å². The molecular weight excluding hydrogens is 617 g/mol. The molecule has 0 aliphatic rings. The van der Waals surface area contributed by atoms with Gasteiger partial charge in [-0.05, 0) is 93.1 Å². The molecule has 8 rings (SSSR count). The molecule has 8 aromatic rings.